The first-order valence-electron chi connectivity index (χ1n) is 5.31. The van der Waals surface area contributed by atoms with Crippen molar-refractivity contribution in [3.05, 3.63) is 17.7 Å². The van der Waals surface area contributed by atoms with Crippen molar-refractivity contribution in [1.29, 1.82) is 0 Å². The zero-order valence-corrected chi connectivity index (χ0v) is 10.9. The number of aldehydes is 1. The number of hydrogen-bond acceptors (Lipinski definition) is 4. The van der Waals surface area contributed by atoms with E-state index < -0.39 is 0 Å². The highest BCUT2D eigenvalue weighted by atomic mass is 16.5. The van der Waals surface area contributed by atoms with Gasteiger partial charge in [0.15, 0.2) is 11.5 Å². The Hall–Kier alpha value is -1.71. The predicted molar refractivity (Wildman–Crippen MR) is 65.3 cm³/mol. The molecule has 0 saturated heterocycles. The average Bonchev–Trinajstić information content (AvgIpc) is 2.27. The van der Waals surface area contributed by atoms with Gasteiger partial charge in [-0.05, 0) is 32.9 Å². The second-order valence-electron chi connectivity index (χ2n) is 4.59. The molecule has 0 unspecified atom stereocenters. The van der Waals surface area contributed by atoms with Crippen LogP contribution in [0.4, 0.5) is 0 Å². The van der Waals surface area contributed by atoms with E-state index in [4.69, 9.17) is 14.2 Å². The lowest BCUT2D eigenvalue weighted by Crippen LogP contribution is -2.23. The van der Waals surface area contributed by atoms with E-state index in [1.54, 1.807) is 12.1 Å². The third-order valence-corrected chi connectivity index (χ3v) is 2.03. The topological polar surface area (TPSA) is 44.8 Å². The molecule has 0 saturated carbocycles. The summed E-state index contributed by atoms with van der Waals surface area (Å²) in [4.78, 5) is 10.8. The van der Waals surface area contributed by atoms with E-state index in [0.29, 0.717) is 22.8 Å². The molecule has 0 N–H and O–H groups in total. The van der Waals surface area contributed by atoms with Crippen LogP contribution in [0.1, 0.15) is 31.1 Å². The molecule has 0 radical (unpaired) electrons. The van der Waals surface area contributed by atoms with E-state index in [9.17, 15) is 4.79 Å². The summed E-state index contributed by atoms with van der Waals surface area (Å²) < 4.78 is 16.2. The number of hydrogen-bond donors (Lipinski definition) is 0. The Labute approximate surface area is 101 Å². The highest BCUT2D eigenvalue weighted by molar-refractivity contribution is 5.78. The molecule has 0 aliphatic heterocycles. The molecule has 1 aromatic rings. The molecule has 17 heavy (non-hydrogen) atoms. The second kappa shape index (κ2) is 5.08. The van der Waals surface area contributed by atoms with Crippen LogP contribution >= 0.6 is 0 Å². The fraction of sp³-hybridized carbons (Fsp3) is 0.462. The number of carbonyl (C=O) groups is 1. The molecule has 0 atom stereocenters. The third-order valence-electron chi connectivity index (χ3n) is 2.03. The van der Waals surface area contributed by atoms with Crippen molar-refractivity contribution in [3.63, 3.8) is 0 Å². The quantitative estimate of drug-likeness (QED) is 0.756. The van der Waals surface area contributed by atoms with Gasteiger partial charge in [0.1, 0.15) is 11.9 Å². The molecule has 0 aliphatic rings. The molecule has 0 fully saturated rings. The fourth-order valence-electron chi connectivity index (χ4n) is 1.38. The van der Waals surface area contributed by atoms with Gasteiger partial charge < -0.3 is 14.2 Å². The minimum Gasteiger partial charge on any atom is -0.493 e. The zero-order chi connectivity index (χ0) is 13.1. The van der Waals surface area contributed by atoms with E-state index in [1.165, 1.54) is 14.2 Å². The van der Waals surface area contributed by atoms with Gasteiger partial charge in [0.2, 0.25) is 5.75 Å². The molecule has 94 valence electrons. The average molecular weight is 238 g/mol. The Morgan fingerprint density at radius 1 is 1.06 bits per heavy atom. The Bertz CT molecular complexity index is 379. The molecular weight excluding hydrogens is 220 g/mol. The van der Waals surface area contributed by atoms with Crippen molar-refractivity contribution in [1.82, 2.24) is 0 Å². The second-order valence-corrected chi connectivity index (χ2v) is 4.59. The van der Waals surface area contributed by atoms with Crippen LogP contribution in [0.25, 0.3) is 0 Å². The summed E-state index contributed by atoms with van der Waals surface area (Å²) >= 11 is 0. The number of carbonyl (C=O) groups excluding carboxylic acids is 1. The Morgan fingerprint density at radius 3 is 1.82 bits per heavy atom. The Balaban J connectivity index is 3.29. The van der Waals surface area contributed by atoms with Gasteiger partial charge in [-0.25, -0.2) is 0 Å². The summed E-state index contributed by atoms with van der Waals surface area (Å²) in [7, 11) is 3.05. The molecule has 0 heterocycles. The molecule has 1 aromatic carbocycles. The lowest BCUT2D eigenvalue weighted by atomic mass is 10.1. The number of ether oxygens (including phenoxy) is 3. The zero-order valence-electron chi connectivity index (χ0n) is 10.9. The SMILES string of the molecule is COc1cc(C=O)cc(OC)c1OC(C)(C)C. The molecule has 4 heteroatoms. The van der Waals surface area contributed by atoms with Gasteiger partial charge in [-0.1, -0.05) is 0 Å². The van der Waals surface area contributed by atoms with Crippen LogP contribution in [0.3, 0.4) is 0 Å². The normalized spacial score (nSPS) is 10.9. The summed E-state index contributed by atoms with van der Waals surface area (Å²) in [5.74, 6) is 1.48. The summed E-state index contributed by atoms with van der Waals surface area (Å²) in [5.41, 5.74) is 0.114. The molecule has 0 amide bonds. The minimum atomic E-state index is -0.372. The Kier molecular flexibility index (Phi) is 3.99. The first-order valence-corrected chi connectivity index (χ1v) is 5.31. The smallest absolute Gasteiger partial charge is 0.204 e. The van der Waals surface area contributed by atoms with Crippen LogP contribution < -0.4 is 14.2 Å². The molecule has 0 aromatic heterocycles. The molecule has 0 spiro atoms. The van der Waals surface area contributed by atoms with Crippen molar-refractivity contribution in [3.8, 4) is 17.2 Å². The fourth-order valence-corrected chi connectivity index (χ4v) is 1.38. The van der Waals surface area contributed by atoms with Gasteiger partial charge in [-0.15, -0.1) is 0 Å². The molecule has 1 rings (SSSR count). The molecule has 0 aliphatic carbocycles. The lowest BCUT2D eigenvalue weighted by molar-refractivity contribution is 0.112. The van der Waals surface area contributed by atoms with Crippen molar-refractivity contribution < 1.29 is 19.0 Å². The third kappa shape index (κ3) is 3.37. The van der Waals surface area contributed by atoms with Gasteiger partial charge in [0, 0.05) is 5.56 Å². The van der Waals surface area contributed by atoms with Crippen molar-refractivity contribution in [2.75, 3.05) is 14.2 Å². The maximum atomic E-state index is 10.8. The number of benzene rings is 1. The lowest BCUT2D eigenvalue weighted by Gasteiger charge is -2.24. The maximum absolute atomic E-state index is 10.8. The van der Waals surface area contributed by atoms with Crippen LogP contribution in [-0.4, -0.2) is 26.1 Å². The van der Waals surface area contributed by atoms with Gasteiger partial charge in [-0.2, -0.15) is 0 Å². The van der Waals surface area contributed by atoms with Crippen molar-refractivity contribution in [2.24, 2.45) is 0 Å². The highest BCUT2D eigenvalue weighted by Crippen LogP contribution is 2.40. The van der Waals surface area contributed by atoms with E-state index in [2.05, 4.69) is 0 Å². The first kappa shape index (κ1) is 13.4. The van der Waals surface area contributed by atoms with Crippen molar-refractivity contribution >= 4 is 6.29 Å². The maximum Gasteiger partial charge on any atom is 0.204 e. The number of methoxy groups -OCH3 is 2. The Morgan fingerprint density at radius 2 is 1.53 bits per heavy atom. The van der Waals surface area contributed by atoms with Crippen molar-refractivity contribution in [2.45, 2.75) is 26.4 Å². The van der Waals surface area contributed by atoms with Crippen LogP contribution in [0.2, 0.25) is 0 Å². The highest BCUT2D eigenvalue weighted by Gasteiger charge is 2.20. The summed E-state index contributed by atoms with van der Waals surface area (Å²) in [6.07, 6.45) is 0.742. The standard InChI is InChI=1S/C13H18O4/c1-13(2,3)17-12-10(15-4)6-9(8-14)7-11(12)16-5/h6-8H,1-5H3. The first-order chi connectivity index (χ1) is 7.91. The van der Waals surface area contributed by atoms with E-state index >= 15 is 0 Å². The van der Waals surface area contributed by atoms with E-state index in [1.807, 2.05) is 20.8 Å². The van der Waals surface area contributed by atoms with E-state index in [-0.39, 0.29) is 5.60 Å². The van der Waals surface area contributed by atoms with Crippen LogP contribution in [0.15, 0.2) is 12.1 Å². The summed E-state index contributed by atoms with van der Waals surface area (Å²) in [5, 5.41) is 0. The minimum absolute atomic E-state index is 0.372. The predicted octanol–water partition coefficient (Wildman–Crippen LogP) is 2.69. The summed E-state index contributed by atoms with van der Waals surface area (Å²) in [6.45, 7) is 5.79. The van der Waals surface area contributed by atoms with Crippen LogP contribution in [0, 0.1) is 0 Å². The largest absolute Gasteiger partial charge is 0.493 e. The monoisotopic (exact) mass is 238 g/mol. The molecule has 4 nitrogen and oxygen atoms in total. The van der Waals surface area contributed by atoms with Gasteiger partial charge in [0.25, 0.3) is 0 Å². The van der Waals surface area contributed by atoms with E-state index in [0.717, 1.165) is 6.29 Å². The van der Waals surface area contributed by atoms with Gasteiger partial charge in [-0.3, -0.25) is 4.79 Å². The summed E-state index contributed by atoms with van der Waals surface area (Å²) in [6, 6.07) is 3.24. The van der Waals surface area contributed by atoms with Crippen LogP contribution in [0.5, 0.6) is 17.2 Å². The van der Waals surface area contributed by atoms with Gasteiger partial charge in [0.05, 0.1) is 14.2 Å². The van der Waals surface area contributed by atoms with Gasteiger partial charge >= 0.3 is 0 Å². The molecule has 0 bridgehead atoms. The van der Waals surface area contributed by atoms with Crippen LogP contribution in [-0.2, 0) is 0 Å². The molecular formula is C13H18O4. The number of rotatable bonds is 4.